The Bertz CT molecular complexity index is 612. The summed E-state index contributed by atoms with van der Waals surface area (Å²) in [7, 11) is 1.92. The second-order valence-corrected chi connectivity index (χ2v) is 5.33. The van der Waals surface area contributed by atoms with Crippen LogP contribution in [0.15, 0.2) is 24.8 Å². The number of anilines is 1. The van der Waals surface area contributed by atoms with Crippen LogP contribution in [0, 0.1) is 4.77 Å². The van der Waals surface area contributed by atoms with Crippen LogP contribution in [0.5, 0.6) is 0 Å². The molecular weight excluding hydrogens is 274 g/mol. The molecule has 1 aliphatic heterocycles. The van der Waals surface area contributed by atoms with Crippen molar-refractivity contribution in [3.8, 4) is 0 Å². The lowest BCUT2D eigenvalue weighted by atomic mass is 10.3. The Balaban J connectivity index is 1.59. The molecule has 0 amide bonds. The Labute approximate surface area is 122 Å². The van der Waals surface area contributed by atoms with E-state index < -0.39 is 0 Å². The van der Waals surface area contributed by atoms with Crippen LogP contribution >= 0.6 is 12.2 Å². The molecule has 1 fully saturated rings. The van der Waals surface area contributed by atoms with Crippen LogP contribution in [-0.4, -0.2) is 50.5 Å². The summed E-state index contributed by atoms with van der Waals surface area (Å²) in [6.45, 7) is 4.81. The van der Waals surface area contributed by atoms with Crippen LogP contribution in [0.4, 0.5) is 5.95 Å². The molecule has 0 aromatic carbocycles. The van der Waals surface area contributed by atoms with Crippen molar-refractivity contribution in [1.82, 2.24) is 24.3 Å². The summed E-state index contributed by atoms with van der Waals surface area (Å²) < 4.78 is 4.52. The number of aryl methyl sites for hydroxylation is 1. The van der Waals surface area contributed by atoms with E-state index in [1.807, 2.05) is 22.4 Å². The first-order valence-corrected chi connectivity index (χ1v) is 7.09. The van der Waals surface area contributed by atoms with Gasteiger partial charge in [-0.15, -0.1) is 0 Å². The summed E-state index contributed by atoms with van der Waals surface area (Å²) in [5, 5.41) is 4.30. The van der Waals surface area contributed by atoms with Gasteiger partial charge in [0.2, 0.25) is 10.7 Å². The van der Waals surface area contributed by atoms with E-state index >= 15 is 0 Å². The van der Waals surface area contributed by atoms with Crippen molar-refractivity contribution in [3.63, 3.8) is 0 Å². The Morgan fingerprint density at radius 2 is 1.95 bits per heavy atom. The molecule has 0 spiro atoms. The summed E-state index contributed by atoms with van der Waals surface area (Å²) in [6.07, 6.45) is 5.33. The van der Waals surface area contributed by atoms with Crippen molar-refractivity contribution >= 4 is 18.2 Å². The minimum absolute atomic E-state index is 0.770. The van der Waals surface area contributed by atoms with E-state index in [-0.39, 0.29) is 0 Å². The van der Waals surface area contributed by atoms with Gasteiger partial charge in [0, 0.05) is 19.4 Å². The SMILES string of the molecule is Cn1cnn(C[NH+]2CCN(c3ncccn3)CC2)c1=S. The zero-order valence-corrected chi connectivity index (χ0v) is 12.3. The summed E-state index contributed by atoms with van der Waals surface area (Å²) in [5.41, 5.74) is 0. The normalized spacial score (nSPS) is 16.6. The molecule has 0 radical (unpaired) electrons. The lowest BCUT2D eigenvalue weighted by Gasteiger charge is -2.31. The van der Waals surface area contributed by atoms with Gasteiger partial charge in [0.05, 0.1) is 26.2 Å². The van der Waals surface area contributed by atoms with Crippen LogP contribution in [0.2, 0.25) is 0 Å². The van der Waals surface area contributed by atoms with E-state index in [1.54, 1.807) is 18.7 Å². The maximum absolute atomic E-state index is 5.31. The lowest BCUT2D eigenvalue weighted by molar-refractivity contribution is -0.924. The van der Waals surface area contributed by atoms with Gasteiger partial charge in [-0.1, -0.05) is 0 Å². The molecule has 8 heteroatoms. The summed E-state index contributed by atoms with van der Waals surface area (Å²) in [5.74, 6) is 0.820. The van der Waals surface area contributed by atoms with Gasteiger partial charge in [-0.05, 0) is 18.3 Å². The minimum Gasteiger partial charge on any atom is -0.330 e. The lowest BCUT2D eigenvalue weighted by Crippen LogP contribution is -3.14. The largest absolute Gasteiger partial charge is 0.330 e. The second-order valence-electron chi connectivity index (χ2n) is 4.97. The van der Waals surface area contributed by atoms with Crippen molar-refractivity contribution in [1.29, 1.82) is 0 Å². The van der Waals surface area contributed by atoms with E-state index in [9.17, 15) is 0 Å². The highest BCUT2D eigenvalue weighted by atomic mass is 32.1. The summed E-state index contributed by atoms with van der Waals surface area (Å²) in [6, 6.07) is 1.84. The number of aromatic nitrogens is 5. The van der Waals surface area contributed by atoms with Crippen molar-refractivity contribution < 1.29 is 4.90 Å². The Morgan fingerprint density at radius 1 is 1.25 bits per heavy atom. The maximum Gasteiger partial charge on any atom is 0.225 e. The van der Waals surface area contributed by atoms with E-state index in [1.165, 1.54) is 4.90 Å². The fourth-order valence-electron chi connectivity index (χ4n) is 2.38. The van der Waals surface area contributed by atoms with Gasteiger partial charge >= 0.3 is 0 Å². The van der Waals surface area contributed by atoms with Gasteiger partial charge in [-0.3, -0.25) is 0 Å². The number of quaternary nitrogens is 1. The quantitative estimate of drug-likeness (QED) is 0.744. The second kappa shape index (κ2) is 5.68. The Hall–Kier alpha value is -1.80. The minimum atomic E-state index is 0.770. The van der Waals surface area contributed by atoms with Crippen molar-refractivity contribution in [2.75, 3.05) is 31.1 Å². The third-order valence-electron chi connectivity index (χ3n) is 3.57. The molecule has 0 atom stereocenters. The van der Waals surface area contributed by atoms with E-state index in [2.05, 4.69) is 20.0 Å². The van der Waals surface area contributed by atoms with Crippen LogP contribution in [0.1, 0.15) is 0 Å². The van der Waals surface area contributed by atoms with Gasteiger partial charge in [0.25, 0.3) is 0 Å². The Morgan fingerprint density at radius 3 is 2.55 bits per heavy atom. The number of rotatable bonds is 3. The number of piperazine rings is 1. The summed E-state index contributed by atoms with van der Waals surface area (Å²) >= 11 is 5.31. The average Bonchev–Trinajstić information content (AvgIpc) is 2.81. The molecule has 3 heterocycles. The zero-order chi connectivity index (χ0) is 13.9. The fourth-order valence-corrected chi connectivity index (χ4v) is 2.54. The number of hydrogen-bond acceptors (Lipinski definition) is 5. The molecule has 7 nitrogen and oxygen atoms in total. The van der Waals surface area contributed by atoms with E-state index in [0.717, 1.165) is 43.6 Å². The first kappa shape index (κ1) is 13.2. The molecule has 2 aromatic rings. The van der Waals surface area contributed by atoms with Crippen molar-refractivity contribution in [3.05, 3.63) is 29.6 Å². The third kappa shape index (κ3) is 2.70. The molecule has 3 rings (SSSR count). The number of nitrogens with zero attached hydrogens (tertiary/aromatic N) is 6. The highest BCUT2D eigenvalue weighted by Gasteiger charge is 2.22. The van der Waals surface area contributed by atoms with Crippen LogP contribution in [-0.2, 0) is 13.7 Å². The molecule has 20 heavy (non-hydrogen) atoms. The molecule has 0 saturated carbocycles. The third-order valence-corrected chi connectivity index (χ3v) is 4.06. The fraction of sp³-hybridized carbons (Fsp3) is 0.500. The van der Waals surface area contributed by atoms with Crippen molar-refractivity contribution in [2.45, 2.75) is 6.67 Å². The van der Waals surface area contributed by atoms with Crippen molar-refractivity contribution in [2.24, 2.45) is 7.05 Å². The molecule has 106 valence electrons. The summed E-state index contributed by atoms with van der Waals surface area (Å²) in [4.78, 5) is 12.3. The molecule has 1 aliphatic rings. The first-order valence-electron chi connectivity index (χ1n) is 6.68. The molecule has 1 N–H and O–H groups in total. The molecule has 2 aromatic heterocycles. The topological polar surface area (TPSA) is 56.2 Å². The van der Waals surface area contributed by atoms with Gasteiger partial charge in [0.1, 0.15) is 6.33 Å². The van der Waals surface area contributed by atoms with Gasteiger partial charge in [-0.25, -0.2) is 9.97 Å². The van der Waals surface area contributed by atoms with E-state index in [4.69, 9.17) is 12.2 Å². The molecule has 0 aliphatic carbocycles. The van der Waals surface area contributed by atoms with Gasteiger partial charge in [-0.2, -0.15) is 9.78 Å². The zero-order valence-electron chi connectivity index (χ0n) is 11.4. The predicted molar refractivity (Wildman–Crippen MR) is 77.0 cm³/mol. The average molecular weight is 292 g/mol. The van der Waals surface area contributed by atoms with E-state index in [0.29, 0.717) is 0 Å². The highest BCUT2D eigenvalue weighted by Crippen LogP contribution is 2.04. The van der Waals surface area contributed by atoms with Gasteiger partial charge in [0.15, 0.2) is 6.67 Å². The van der Waals surface area contributed by atoms with Gasteiger partial charge < -0.3 is 14.4 Å². The van der Waals surface area contributed by atoms with Crippen LogP contribution in [0.3, 0.4) is 0 Å². The first-order chi connectivity index (χ1) is 9.74. The Kier molecular flexibility index (Phi) is 3.75. The maximum atomic E-state index is 5.31. The number of nitrogens with one attached hydrogen (secondary N) is 1. The molecule has 1 saturated heterocycles. The van der Waals surface area contributed by atoms with Crippen LogP contribution < -0.4 is 9.80 Å². The molecular formula is C12H18N7S+. The monoisotopic (exact) mass is 292 g/mol. The molecule has 0 unspecified atom stereocenters. The highest BCUT2D eigenvalue weighted by molar-refractivity contribution is 7.71. The van der Waals surface area contributed by atoms with Crippen LogP contribution in [0.25, 0.3) is 0 Å². The predicted octanol–water partition coefficient (Wildman–Crippen LogP) is -0.896. The molecule has 0 bridgehead atoms. The standard InChI is InChI=1S/C12H17N7S/c1-16-9-15-19(12(16)20)10-17-5-7-18(8-6-17)11-13-3-2-4-14-11/h2-4,9H,5-8,10H2,1H3/p+1. The number of hydrogen-bond donors (Lipinski definition) is 1. The smallest absolute Gasteiger partial charge is 0.225 e.